The molecule has 3 fully saturated rings. The van der Waals surface area contributed by atoms with Crippen molar-refractivity contribution in [3.8, 4) is 0 Å². The van der Waals surface area contributed by atoms with Gasteiger partial charge in [0.05, 0.1) is 10.3 Å². The monoisotopic (exact) mass is 402 g/mol. The number of nitrogens with zero attached hydrogens (tertiary/aromatic N) is 3. The summed E-state index contributed by atoms with van der Waals surface area (Å²) >= 11 is 0. The van der Waals surface area contributed by atoms with E-state index in [1.807, 2.05) is 0 Å². The van der Waals surface area contributed by atoms with Crippen molar-refractivity contribution in [1.82, 2.24) is 4.90 Å². The number of cyclic esters (lactones) is 1. The molecule has 8 heteroatoms. The molecule has 2 heterocycles. The highest BCUT2D eigenvalue weighted by atomic mass is 16.6. The third-order valence-corrected chi connectivity index (χ3v) is 6.85. The van der Waals surface area contributed by atoms with Crippen LogP contribution in [0, 0.1) is 15.5 Å². The molecule has 2 aliphatic heterocycles. The number of nitrogens with two attached hydrogens (primary N) is 1. The fraction of sp³-hybridized carbons (Fsp3) is 0.667. The maximum atomic E-state index is 12.4. The van der Waals surface area contributed by atoms with Crippen LogP contribution >= 0.6 is 0 Å². The lowest BCUT2D eigenvalue weighted by Gasteiger charge is -2.36. The highest BCUT2D eigenvalue weighted by molar-refractivity contribution is 5.79. The molecule has 4 rings (SSSR count). The Morgan fingerprint density at radius 1 is 1.17 bits per heavy atom. The predicted octanol–water partition coefficient (Wildman–Crippen LogP) is 2.96. The maximum absolute atomic E-state index is 12.4. The summed E-state index contributed by atoms with van der Waals surface area (Å²) in [6.07, 6.45) is 7.40. The quantitative estimate of drug-likeness (QED) is 0.350. The number of benzene rings is 1. The van der Waals surface area contributed by atoms with Gasteiger partial charge < -0.3 is 15.4 Å². The molecule has 29 heavy (non-hydrogen) atoms. The Hall–Kier alpha value is -2.35. The highest BCUT2D eigenvalue weighted by Crippen LogP contribution is 2.46. The Morgan fingerprint density at radius 2 is 1.90 bits per heavy atom. The van der Waals surface area contributed by atoms with E-state index in [1.165, 1.54) is 12.5 Å². The van der Waals surface area contributed by atoms with Crippen LogP contribution in [0.5, 0.6) is 0 Å². The number of esters is 1. The minimum Gasteiger partial charge on any atom is -0.462 e. The largest absolute Gasteiger partial charge is 0.462 e. The molecule has 1 unspecified atom stereocenters. The van der Waals surface area contributed by atoms with E-state index in [-0.39, 0.29) is 28.9 Å². The summed E-state index contributed by atoms with van der Waals surface area (Å²) in [6.45, 7) is 4.48. The summed E-state index contributed by atoms with van der Waals surface area (Å²) in [6, 6.07) is 4.94. The van der Waals surface area contributed by atoms with Crippen molar-refractivity contribution < 1.29 is 14.5 Å². The molecular weight excluding hydrogens is 372 g/mol. The SMILES string of the molecule is Nc1cc(N2CCN(CCC3CC4(CCCCC4)C(=O)O3)CC2)ccc1[N+](=O)[O-]. The summed E-state index contributed by atoms with van der Waals surface area (Å²) in [5, 5.41) is 10.9. The van der Waals surface area contributed by atoms with E-state index in [0.717, 1.165) is 76.9 Å². The second kappa shape index (κ2) is 8.18. The zero-order valence-corrected chi connectivity index (χ0v) is 16.8. The molecule has 1 atom stereocenters. The number of carbonyl (C=O) groups excluding carboxylic acids is 1. The van der Waals surface area contributed by atoms with Crippen LogP contribution in [0.1, 0.15) is 44.9 Å². The molecule has 0 amide bonds. The van der Waals surface area contributed by atoms with Gasteiger partial charge in [-0.2, -0.15) is 0 Å². The van der Waals surface area contributed by atoms with Gasteiger partial charge in [0.1, 0.15) is 11.8 Å². The van der Waals surface area contributed by atoms with Gasteiger partial charge in [0, 0.05) is 50.9 Å². The number of carbonyl (C=O) groups is 1. The van der Waals surface area contributed by atoms with Crippen molar-refractivity contribution in [3.05, 3.63) is 28.3 Å². The van der Waals surface area contributed by atoms with Crippen LogP contribution < -0.4 is 10.6 Å². The summed E-state index contributed by atoms with van der Waals surface area (Å²) < 4.78 is 5.73. The summed E-state index contributed by atoms with van der Waals surface area (Å²) in [5.74, 6) is 0.0442. The van der Waals surface area contributed by atoms with E-state index in [9.17, 15) is 14.9 Å². The fourth-order valence-electron chi connectivity index (χ4n) is 5.10. The first kappa shape index (κ1) is 19.9. The van der Waals surface area contributed by atoms with Crippen LogP contribution in [0.4, 0.5) is 17.1 Å². The number of hydrogen-bond acceptors (Lipinski definition) is 7. The molecule has 2 N–H and O–H groups in total. The predicted molar refractivity (Wildman–Crippen MR) is 111 cm³/mol. The number of hydrogen-bond donors (Lipinski definition) is 1. The standard InChI is InChI=1S/C21H30N4O4/c22-18-14-16(4-5-19(18)25(27)28)24-12-10-23(11-13-24)9-6-17-15-21(20(26)29-17)7-2-1-3-8-21/h4-5,14,17H,1-3,6-13,15,22H2. The molecule has 3 aliphatic rings. The van der Waals surface area contributed by atoms with E-state index < -0.39 is 4.92 Å². The lowest BCUT2D eigenvalue weighted by molar-refractivity contribution is -0.383. The minimum atomic E-state index is -0.454. The first-order chi connectivity index (χ1) is 14.0. The maximum Gasteiger partial charge on any atom is 0.312 e. The summed E-state index contributed by atoms with van der Waals surface area (Å²) in [5.41, 5.74) is 6.72. The van der Waals surface area contributed by atoms with Gasteiger partial charge in [0.25, 0.3) is 5.69 Å². The lowest BCUT2D eigenvalue weighted by atomic mass is 9.72. The number of piperazine rings is 1. The van der Waals surface area contributed by atoms with Crippen LogP contribution in [0.25, 0.3) is 0 Å². The molecule has 0 radical (unpaired) electrons. The third kappa shape index (κ3) is 4.17. The number of nitrogen functional groups attached to an aromatic ring is 1. The highest BCUT2D eigenvalue weighted by Gasteiger charge is 2.48. The molecule has 158 valence electrons. The van der Waals surface area contributed by atoms with Gasteiger partial charge in [-0.25, -0.2) is 0 Å². The van der Waals surface area contributed by atoms with E-state index in [0.29, 0.717) is 0 Å². The number of anilines is 2. The molecule has 1 spiro atoms. The van der Waals surface area contributed by atoms with E-state index in [4.69, 9.17) is 10.5 Å². The third-order valence-electron chi connectivity index (χ3n) is 6.85. The van der Waals surface area contributed by atoms with Crippen molar-refractivity contribution in [2.24, 2.45) is 5.41 Å². The number of nitro groups is 1. The van der Waals surface area contributed by atoms with Crippen molar-refractivity contribution in [2.75, 3.05) is 43.4 Å². The molecule has 1 aliphatic carbocycles. The molecule has 8 nitrogen and oxygen atoms in total. The average Bonchev–Trinajstić information content (AvgIpc) is 3.01. The minimum absolute atomic E-state index is 0.0442. The molecule has 2 saturated heterocycles. The Balaban J connectivity index is 1.25. The van der Waals surface area contributed by atoms with Crippen molar-refractivity contribution >= 4 is 23.0 Å². The molecule has 1 aromatic rings. The molecule has 1 saturated carbocycles. The molecule has 0 aromatic heterocycles. The topological polar surface area (TPSA) is 102 Å². The first-order valence-corrected chi connectivity index (χ1v) is 10.7. The number of nitro benzene ring substituents is 1. The first-order valence-electron chi connectivity index (χ1n) is 10.7. The van der Waals surface area contributed by atoms with Crippen LogP contribution in [0.3, 0.4) is 0 Å². The van der Waals surface area contributed by atoms with Gasteiger partial charge in [0.2, 0.25) is 0 Å². The van der Waals surface area contributed by atoms with Crippen LogP contribution in [-0.2, 0) is 9.53 Å². The van der Waals surface area contributed by atoms with Crippen LogP contribution in [0.2, 0.25) is 0 Å². The van der Waals surface area contributed by atoms with Gasteiger partial charge in [-0.1, -0.05) is 19.3 Å². The van der Waals surface area contributed by atoms with Crippen molar-refractivity contribution in [3.63, 3.8) is 0 Å². The Kier molecular flexibility index (Phi) is 5.63. The number of ether oxygens (including phenoxy) is 1. The van der Waals surface area contributed by atoms with E-state index in [1.54, 1.807) is 12.1 Å². The molecular formula is C21H30N4O4. The van der Waals surface area contributed by atoms with Crippen molar-refractivity contribution in [2.45, 2.75) is 51.0 Å². The van der Waals surface area contributed by atoms with Gasteiger partial charge >= 0.3 is 5.97 Å². The summed E-state index contributed by atoms with van der Waals surface area (Å²) in [4.78, 5) is 27.5. The van der Waals surface area contributed by atoms with E-state index in [2.05, 4.69) is 9.80 Å². The number of rotatable bonds is 5. The normalized spacial score (nSPS) is 24.6. The second-order valence-electron chi connectivity index (χ2n) is 8.69. The fourth-order valence-corrected chi connectivity index (χ4v) is 5.10. The van der Waals surface area contributed by atoms with Gasteiger partial charge in [-0.3, -0.25) is 19.8 Å². The van der Waals surface area contributed by atoms with Crippen LogP contribution in [-0.4, -0.2) is 54.6 Å². The van der Waals surface area contributed by atoms with E-state index >= 15 is 0 Å². The van der Waals surface area contributed by atoms with Gasteiger partial charge in [-0.05, 0) is 31.4 Å². The Morgan fingerprint density at radius 3 is 2.55 bits per heavy atom. The van der Waals surface area contributed by atoms with Gasteiger partial charge in [0.15, 0.2) is 0 Å². The Bertz CT molecular complexity index is 770. The second-order valence-corrected chi connectivity index (χ2v) is 8.69. The zero-order valence-electron chi connectivity index (χ0n) is 16.8. The van der Waals surface area contributed by atoms with Crippen molar-refractivity contribution in [1.29, 1.82) is 0 Å². The molecule has 0 bridgehead atoms. The summed E-state index contributed by atoms with van der Waals surface area (Å²) in [7, 11) is 0. The van der Waals surface area contributed by atoms with Gasteiger partial charge in [-0.15, -0.1) is 0 Å². The molecule has 1 aromatic carbocycles. The lowest BCUT2D eigenvalue weighted by Crippen LogP contribution is -2.47. The average molecular weight is 402 g/mol. The zero-order chi connectivity index (χ0) is 20.4. The smallest absolute Gasteiger partial charge is 0.312 e. The Labute approximate surface area is 171 Å². The van der Waals surface area contributed by atoms with Crippen LogP contribution in [0.15, 0.2) is 18.2 Å².